The van der Waals surface area contributed by atoms with Gasteiger partial charge in [-0.1, -0.05) is 0 Å². The minimum Gasteiger partial charge on any atom is -0.330 e. The van der Waals surface area contributed by atoms with E-state index in [0.717, 1.165) is 66.6 Å². The summed E-state index contributed by atoms with van der Waals surface area (Å²) in [6.07, 6.45) is 10.4. The maximum Gasteiger partial charge on any atom is 0.247 e. The molecule has 4 saturated carbocycles. The van der Waals surface area contributed by atoms with Crippen LogP contribution in [-0.2, 0) is 16.6 Å². The predicted molar refractivity (Wildman–Crippen MR) is 117 cm³/mol. The van der Waals surface area contributed by atoms with Crippen molar-refractivity contribution < 1.29 is 9.59 Å². The Morgan fingerprint density at radius 2 is 1.81 bits per heavy atom. The van der Waals surface area contributed by atoms with Crippen LogP contribution in [0.2, 0.25) is 0 Å². The summed E-state index contributed by atoms with van der Waals surface area (Å²) in [7, 11) is 1.87. The molecule has 5 fully saturated rings. The summed E-state index contributed by atoms with van der Waals surface area (Å²) in [6.45, 7) is 2.65. The molecule has 7 rings (SSSR count). The fraction of sp³-hybridized carbons (Fsp3) is 0.667. The van der Waals surface area contributed by atoms with Crippen LogP contribution in [0.25, 0.3) is 11.0 Å². The average molecular weight is 422 g/mol. The highest BCUT2D eigenvalue weighted by molar-refractivity contribution is 5.99. The Morgan fingerprint density at radius 1 is 1.13 bits per heavy atom. The number of rotatable bonds is 3. The Balaban J connectivity index is 1.21. The zero-order valence-corrected chi connectivity index (χ0v) is 18.4. The van der Waals surface area contributed by atoms with Crippen molar-refractivity contribution in [2.75, 3.05) is 11.9 Å². The molecule has 7 nitrogen and oxygen atoms in total. The Morgan fingerprint density at radius 3 is 2.48 bits per heavy atom. The van der Waals surface area contributed by atoms with Crippen LogP contribution >= 0.6 is 0 Å². The molecule has 1 aliphatic heterocycles. The number of carbonyl (C=O) groups excluding carboxylic acids is 2. The molecule has 31 heavy (non-hydrogen) atoms. The van der Waals surface area contributed by atoms with Gasteiger partial charge in [0.1, 0.15) is 6.04 Å². The van der Waals surface area contributed by atoms with E-state index in [1.54, 1.807) is 10.9 Å². The van der Waals surface area contributed by atoms with Crippen molar-refractivity contribution in [3.8, 4) is 0 Å². The molecule has 2 aromatic heterocycles. The summed E-state index contributed by atoms with van der Waals surface area (Å²) in [5, 5.41) is 8.38. The second-order valence-corrected chi connectivity index (χ2v) is 10.6. The first-order valence-corrected chi connectivity index (χ1v) is 11.8. The van der Waals surface area contributed by atoms with Gasteiger partial charge < -0.3 is 10.2 Å². The average Bonchev–Trinajstić information content (AvgIpc) is 3.31. The van der Waals surface area contributed by atoms with Crippen LogP contribution in [0.4, 0.5) is 5.69 Å². The maximum absolute atomic E-state index is 13.8. The molecular formula is C24H31N5O2. The van der Waals surface area contributed by atoms with Crippen LogP contribution in [0.15, 0.2) is 12.3 Å². The second kappa shape index (κ2) is 6.78. The lowest BCUT2D eigenvalue weighted by Gasteiger charge is -2.56. The summed E-state index contributed by atoms with van der Waals surface area (Å²) < 4.78 is 1.75. The van der Waals surface area contributed by atoms with Crippen LogP contribution in [0.5, 0.6) is 0 Å². The summed E-state index contributed by atoms with van der Waals surface area (Å²) in [6, 6.07) is 1.56. The van der Waals surface area contributed by atoms with E-state index in [1.165, 1.54) is 19.3 Å². The van der Waals surface area contributed by atoms with Crippen molar-refractivity contribution in [2.24, 2.45) is 30.2 Å². The van der Waals surface area contributed by atoms with Crippen LogP contribution in [-0.4, -0.2) is 44.1 Å². The summed E-state index contributed by atoms with van der Waals surface area (Å²) >= 11 is 0. The van der Waals surface area contributed by atoms with Gasteiger partial charge in [-0.25, -0.2) is 4.98 Å². The second-order valence-electron chi connectivity index (χ2n) is 10.6. The monoisotopic (exact) mass is 421 g/mol. The smallest absolute Gasteiger partial charge is 0.247 e. The first kappa shape index (κ1) is 19.3. The van der Waals surface area contributed by atoms with Gasteiger partial charge in [0.15, 0.2) is 5.65 Å². The summed E-state index contributed by atoms with van der Waals surface area (Å²) in [4.78, 5) is 33.4. The van der Waals surface area contributed by atoms with Gasteiger partial charge in [-0.05, 0) is 82.1 Å². The van der Waals surface area contributed by atoms with Crippen molar-refractivity contribution in [1.29, 1.82) is 0 Å². The fourth-order valence-corrected chi connectivity index (χ4v) is 7.56. The minimum atomic E-state index is -0.369. The van der Waals surface area contributed by atoms with Crippen LogP contribution in [0, 0.1) is 30.1 Å². The van der Waals surface area contributed by atoms with Gasteiger partial charge in [0.05, 0.1) is 23.0 Å². The number of anilines is 1. The molecule has 0 unspecified atom stereocenters. The topological polar surface area (TPSA) is 80.1 Å². The molecule has 1 atom stereocenters. The van der Waals surface area contributed by atoms with Crippen molar-refractivity contribution in [3.63, 3.8) is 0 Å². The quantitative estimate of drug-likeness (QED) is 0.823. The van der Waals surface area contributed by atoms with E-state index < -0.39 is 0 Å². The molecule has 2 amide bonds. The first-order chi connectivity index (χ1) is 14.9. The first-order valence-electron chi connectivity index (χ1n) is 11.8. The van der Waals surface area contributed by atoms with Crippen LogP contribution < -0.4 is 5.32 Å². The number of aromatic nitrogens is 3. The number of likely N-dealkylation sites (tertiary alicyclic amines) is 1. The van der Waals surface area contributed by atoms with Gasteiger partial charge in [-0.15, -0.1) is 0 Å². The van der Waals surface area contributed by atoms with Gasteiger partial charge in [0.25, 0.3) is 0 Å². The van der Waals surface area contributed by atoms with E-state index in [1.807, 2.05) is 24.9 Å². The number of nitrogens with zero attached hydrogens (tertiary/aromatic N) is 4. The molecule has 2 aromatic rings. The number of nitrogens with one attached hydrogen (secondary N) is 1. The fourth-order valence-electron chi connectivity index (χ4n) is 7.56. The van der Waals surface area contributed by atoms with E-state index >= 15 is 0 Å². The van der Waals surface area contributed by atoms with E-state index in [9.17, 15) is 9.59 Å². The molecule has 5 aliphatic rings. The Labute approximate surface area is 182 Å². The van der Waals surface area contributed by atoms with Gasteiger partial charge in [-0.2, -0.15) is 5.10 Å². The lowest BCUT2D eigenvalue weighted by molar-refractivity contribution is -0.160. The number of hydrogen-bond acceptors (Lipinski definition) is 4. The molecule has 164 valence electrons. The van der Waals surface area contributed by atoms with E-state index in [0.29, 0.717) is 12.2 Å². The highest BCUT2D eigenvalue weighted by atomic mass is 16.2. The van der Waals surface area contributed by atoms with E-state index in [4.69, 9.17) is 0 Å². The highest BCUT2D eigenvalue weighted by Crippen LogP contribution is 2.60. The molecular weight excluding hydrogens is 390 g/mol. The molecule has 3 heterocycles. The Hall–Kier alpha value is -2.44. The van der Waals surface area contributed by atoms with E-state index in [2.05, 4.69) is 15.4 Å². The van der Waals surface area contributed by atoms with Gasteiger partial charge in [0.2, 0.25) is 11.8 Å². The van der Waals surface area contributed by atoms with Crippen molar-refractivity contribution in [2.45, 2.75) is 64.3 Å². The predicted octanol–water partition coefficient (Wildman–Crippen LogP) is 3.42. The van der Waals surface area contributed by atoms with Crippen molar-refractivity contribution >= 4 is 28.5 Å². The molecule has 0 radical (unpaired) electrons. The van der Waals surface area contributed by atoms with Crippen LogP contribution in [0.3, 0.4) is 0 Å². The zero-order chi connectivity index (χ0) is 21.3. The summed E-state index contributed by atoms with van der Waals surface area (Å²) in [5.74, 6) is 2.36. The number of aryl methyl sites for hydroxylation is 2. The summed E-state index contributed by atoms with van der Waals surface area (Å²) in [5.41, 5.74) is 2.17. The normalized spacial score (nSPS) is 33.9. The molecule has 4 aliphatic carbocycles. The molecule has 4 bridgehead atoms. The van der Waals surface area contributed by atoms with Gasteiger partial charge in [0, 0.05) is 19.0 Å². The number of carbonyl (C=O) groups is 2. The third-order valence-electron chi connectivity index (χ3n) is 8.44. The van der Waals surface area contributed by atoms with Crippen molar-refractivity contribution in [1.82, 2.24) is 19.7 Å². The number of amides is 2. The Kier molecular flexibility index (Phi) is 4.21. The molecule has 0 spiro atoms. The lowest BCUT2D eigenvalue weighted by atomic mass is 9.49. The number of pyridine rings is 1. The Bertz CT molecular complexity index is 1040. The zero-order valence-electron chi connectivity index (χ0n) is 18.4. The molecule has 1 N–H and O–H groups in total. The largest absolute Gasteiger partial charge is 0.330 e. The third-order valence-corrected chi connectivity index (χ3v) is 8.44. The maximum atomic E-state index is 13.8. The molecule has 7 heteroatoms. The number of fused-ring (bicyclic) bond motifs is 1. The van der Waals surface area contributed by atoms with E-state index in [-0.39, 0.29) is 23.3 Å². The number of hydrogen-bond donors (Lipinski definition) is 1. The minimum absolute atomic E-state index is 0.0849. The lowest BCUT2D eigenvalue weighted by Crippen LogP contribution is -2.56. The van der Waals surface area contributed by atoms with Gasteiger partial charge >= 0.3 is 0 Å². The third kappa shape index (κ3) is 2.99. The molecule has 0 aromatic carbocycles. The molecule has 1 saturated heterocycles. The van der Waals surface area contributed by atoms with Gasteiger partial charge in [-0.3, -0.25) is 14.3 Å². The standard InChI is InChI=1S/C24H31N5O2/c1-14-19-9-18(13-25-21(19)28(2)27-14)26-22(30)20-4-3-5-29(20)23(31)24-10-15-6-16(11-24)8-17(7-15)12-24/h9,13,15-17,20H,3-8,10-12H2,1-2H3,(H,26,30)/t15?,16?,17?,20-,24?/m1/s1. The highest BCUT2D eigenvalue weighted by Gasteiger charge is 2.56. The van der Waals surface area contributed by atoms with Crippen LogP contribution in [0.1, 0.15) is 57.1 Å². The SMILES string of the molecule is Cc1nn(C)c2ncc(NC(=O)[C@H]3CCCN3C(=O)C34CC5CC(CC(C5)C3)C4)cc12. The van der Waals surface area contributed by atoms with Crippen molar-refractivity contribution in [3.05, 3.63) is 18.0 Å².